The molecule has 0 heterocycles. The van der Waals surface area contributed by atoms with Crippen LogP contribution >= 0.6 is 11.6 Å². The molecule has 1 amide bonds. The Morgan fingerprint density at radius 2 is 1.71 bits per heavy atom. The van der Waals surface area contributed by atoms with E-state index in [1.807, 2.05) is 0 Å². The largest absolute Gasteiger partial charge is 0.462 e. The van der Waals surface area contributed by atoms with Crippen LogP contribution in [0.2, 0.25) is 5.02 Å². The Bertz CT molecular complexity index is 993. The van der Waals surface area contributed by atoms with Crippen LogP contribution in [0.5, 0.6) is 0 Å². The lowest BCUT2D eigenvalue weighted by Gasteiger charge is -2.19. The second-order valence-corrected chi connectivity index (χ2v) is 7.59. The Morgan fingerprint density at radius 3 is 2.23 bits per heavy atom. The number of alkyl halides is 3. The van der Waals surface area contributed by atoms with Crippen LogP contribution in [0.1, 0.15) is 39.3 Å². The molecular formula is C23H23ClF3NO3. The van der Waals surface area contributed by atoms with Crippen molar-refractivity contribution in [3.63, 3.8) is 0 Å². The fraction of sp³-hybridized carbons (Fsp3) is 0.304. The van der Waals surface area contributed by atoms with Gasteiger partial charge in [-0.05, 0) is 54.2 Å². The van der Waals surface area contributed by atoms with Gasteiger partial charge < -0.3 is 10.1 Å². The number of ether oxygens (including phenoxy) is 1. The Balaban J connectivity index is 2.24. The maximum Gasteiger partial charge on any atom is 0.399 e. The van der Waals surface area contributed by atoms with Gasteiger partial charge in [-0.15, -0.1) is 0 Å². The van der Waals surface area contributed by atoms with E-state index in [2.05, 4.69) is 10.1 Å². The van der Waals surface area contributed by atoms with Crippen molar-refractivity contribution in [3.8, 4) is 0 Å². The van der Waals surface area contributed by atoms with E-state index in [1.165, 1.54) is 18.2 Å². The van der Waals surface area contributed by atoms with Crippen LogP contribution in [0.4, 0.5) is 13.2 Å². The molecule has 0 saturated carbocycles. The zero-order valence-electron chi connectivity index (χ0n) is 17.6. The van der Waals surface area contributed by atoms with Crippen LogP contribution in [0.3, 0.4) is 0 Å². The molecule has 1 atom stereocenters. The molecule has 4 nitrogen and oxygen atoms in total. The number of esters is 1. The van der Waals surface area contributed by atoms with Crippen molar-refractivity contribution < 1.29 is 27.5 Å². The standard InChI is InChI=1S/C23H23ClF3NO3/c1-13-9-16(5-7-17(13)12-28-21(29)22(30)31-4)6-8-19(23(25,26)27)18-10-14(2)20(24)15(3)11-18/h5-11,19H,12H2,1-4H3,(H,28,29)/b8-6+. The molecule has 0 aromatic heterocycles. The predicted molar refractivity (Wildman–Crippen MR) is 114 cm³/mol. The van der Waals surface area contributed by atoms with Crippen LogP contribution in [0.15, 0.2) is 36.4 Å². The first-order valence-corrected chi connectivity index (χ1v) is 9.79. The Morgan fingerprint density at radius 1 is 1.10 bits per heavy atom. The monoisotopic (exact) mass is 453 g/mol. The second-order valence-electron chi connectivity index (χ2n) is 7.21. The molecule has 1 N–H and O–H groups in total. The molecule has 0 saturated heterocycles. The molecular weight excluding hydrogens is 431 g/mol. The third-order valence-corrected chi connectivity index (χ3v) is 5.42. The van der Waals surface area contributed by atoms with Gasteiger partial charge in [-0.1, -0.05) is 54.1 Å². The van der Waals surface area contributed by atoms with Crippen molar-refractivity contribution in [3.05, 3.63) is 74.8 Å². The highest BCUT2D eigenvalue weighted by Gasteiger charge is 2.39. The van der Waals surface area contributed by atoms with Crippen molar-refractivity contribution in [1.29, 1.82) is 0 Å². The summed E-state index contributed by atoms with van der Waals surface area (Å²) in [5.41, 5.74) is 3.38. The summed E-state index contributed by atoms with van der Waals surface area (Å²) in [6.45, 7) is 5.22. The molecule has 0 aliphatic heterocycles. The van der Waals surface area contributed by atoms with Gasteiger partial charge in [-0.3, -0.25) is 4.79 Å². The van der Waals surface area contributed by atoms with E-state index in [9.17, 15) is 22.8 Å². The molecule has 0 aliphatic carbocycles. The number of amides is 1. The zero-order chi connectivity index (χ0) is 23.3. The highest BCUT2D eigenvalue weighted by atomic mass is 35.5. The van der Waals surface area contributed by atoms with Gasteiger partial charge in [0, 0.05) is 11.6 Å². The normalized spacial score (nSPS) is 12.6. The van der Waals surface area contributed by atoms with Gasteiger partial charge in [0.25, 0.3) is 0 Å². The van der Waals surface area contributed by atoms with Crippen molar-refractivity contribution in [2.24, 2.45) is 0 Å². The quantitative estimate of drug-likeness (QED) is 0.486. The minimum atomic E-state index is -4.46. The lowest BCUT2D eigenvalue weighted by atomic mass is 9.93. The molecule has 0 radical (unpaired) electrons. The van der Waals surface area contributed by atoms with Gasteiger partial charge in [-0.2, -0.15) is 13.2 Å². The van der Waals surface area contributed by atoms with Gasteiger partial charge in [0.05, 0.1) is 13.0 Å². The van der Waals surface area contributed by atoms with Gasteiger partial charge in [-0.25, -0.2) is 4.79 Å². The number of halogens is 4. The van der Waals surface area contributed by atoms with Crippen LogP contribution < -0.4 is 5.32 Å². The first kappa shape index (κ1) is 24.5. The summed E-state index contributed by atoms with van der Waals surface area (Å²) in [6, 6.07) is 7.95. The zero-order valence-corrected chi connectivity index (χ0v) is 18.3. The van der Waals surface area contributed by atoms with Crippen molar-refractivity contribution in [1.82, 2.24) is 5.32 Å². The molecule has 31 heavy (non-hydrogen) atoms. The molecule has 1 unspecified atom stereocenters. The summed E-state index contributed by atoms with van der Waals surface area (Å²) in [7, 11) is 1.11. The molecule has 2 rings (SSSR count). The summed E-state index contributed by atoms with van der Waals surface area (Å²) in [4.78, 5) is 22.6. The Kier molecular flexibility index (Phi) is 7.90. The number of hydrogen-bond acceptors (Lipinski definition) is 3. The summed E-state index contributed by atoms with van der Waals surface area (Å²) in [6.07, 6.45) is -1.92. The molecule has 0 aliphatic rings. The number of allylic oxidation sites excluding steroid dienone is 1. The molecule has 166 valence electrons. The van der Waals surface area contributed by atoms with Crippen LogP contribution in [0, 0.1) is 20.8 Å². The first-order chi connectivity index (χ1) is 14.4. The molecule has 2 aromatic rings. The number of carbonyl (C=O) groups is 2. The fourth-order valence-corrected chi connectivity index (χ4v) is 3.25. The third kappa shape index (κ3) is 6.34. The topological polar surface area (TPSA) is 55.4 Å². The number of aryl methyl sites for hydroxylation is 3. The van der Waals surface area contributed by atoms with E-state index in [4.69, 9.17) is 11.6 Å². The summed E-state index contributed by atoms with van der Waals surface area (Å²) < 4.78 is 45.5. The average molecular weight is 454 g/mol. The molecule has 2 aromatic carbocycles. The number of methoxy groups -OCH3 is 1. The van der Waals surface area contributed by atoms with E-state index in [0.29, 0.717) is 21.7 Å². The number of hydrogen-bond donors (Lipinski definition) is 1. The second kappa shape index (κ2) is 10.0. The maximum absolute atomic E-state index is 13.7. The number of rotatable bonds is 5. The van der Waals surface area contributed by atoms with Crippen LogP contribution in [0.25, 0.3) is 6.08 Å². The SMILES string of the molecule is COC(=O)C(=O)NCc1ccc(/C=C/C(c2cc(C)c(Cl)c(C)c2)C(F)(F)F)cc1C. The molecule has 8 heteroatoms. The van der Waals surface area contributed by atoms with Crippen molar-refractivity contribution in [2.45, 2.75) is 39.4 Å². The highest BCUT2D eigenvalue weighted by Crippen LogP contribution is 2.38. The van der Waals surface area contributed by atoms with Gasteiger partial charge >= 0.3 is 18.1 Å². The van der Waals surface area contributed by atoms with Crippen molar-refractivity contribution in [2.75, 3.05) is 7.11 Å². The van der Waals surface area contributed by atoms with Crippen LogP contribution in [-0.4, -0.2) is 25.2 Å². The minimum Gasteiger partial charge on any atom is -0.462 e. The van der Waals surface area contributed by atoms with E-state index >= 15 is 0 Å². The molecule has 0 fully saturated rings. The minimum absolute atomic E-state index is 0.0955. The smallest absolute Gasteiger partial charge is 0.399 e. The summed E-state index contributed by atoms with van der Waals surface area (Å²) in [5.74, 6) is -3.64. The van der Waals surface area contributed by atoms with E-state index in [1.54, 1.807) is 39.0 Å². The lowest BCUT2D eigenvalue weighted by molar-refractivity contribution is -0.152. The lowest BCUT2D eigenvalue weighted by Crippen LogP contribution is -2.31. The van der Waals surface area contributed by atoms with Gasteiger partial charge in [0.2, 0.25) is 0 Å². The number of nitrogens with one attached hydrogen (secondary N) is 1. The first-order valence-electron chi connectivity index (χ1n) is 9.41. The number of carbonyl (C=O) groups excluding carboxylic acids is 2. The average Bonchev–Trinajstić information content (AvgIpc) is 2.69. The number of benzene rings is 2. The van der Waals surface area contributed by atoms with E-state index in [-0.39, 0.29) is 12.1 Å². The maximum atomic E-state index is 13.7. The Labute approximate surface area is 184 Å². The highest BCUT2D eigenvalue weighted by molar-refractivity contribution is 6.32. The van der Waals surface area contributed by atoms with Gasteiger partial charge in [0.1, 0.15) is 0 Å². The summed E-state index contributed by atoms with van der Waals surface area (Å²) >= 11 is 6.09. The summed E-state index contributed by atoms with van der Waals surface area (Å²) in [5, 5.41) is 2.88. The van der Waals surface area contributed by atoms with E-state index < -0.39 is 24.0 Å². The van der Waals surface area contributed by atoms with E-state index in [0.717, 1.165) is 24.3 Å². The molecule has 0 bridgehead atoms. The molecule has 0 spiro atoms. The predicted octanol–water partition coefficient (Wildman–Crippen LogP) is 5.41. The van der Waals surface area contributed by atoms with Gasteiger partial charge in [0.15, 0.2) is 0 Å². The van der Waals surface area contributed by atoms with Crippen molar-refractivity contribution >= 4 is 29.6 Å². The third-order valence-electron chi connectivity index (χ3n) is 4.83. The Hall–Kier alpha value is -2.80. The fourth-order valence-electron chi connectivity index (χ4n) is 3.14. The van der Waals surface area contributed by atoms with Crippen LogP contribution in [-0.2, 0) is 20.9 Å².